The lowest BCUT2D eigenvalue weighted by molar-refractivity contribution is 0.0291. The summed E-state index contributed by atoms with van der Waals surface area (Å²) in [5.41, 5.74) is 7.62. The van der Waals surface area contributed by atoms with E-state index >= 15 is 16.8 Å². The molecule has 382 valence electrons. The third kappa shape index (κ3) is 12.4. The molecule has 2 aromatic heterocycles. The Morgan fingerprint density at radius 1 is 0.822 bits per heavy atom. The summed E-state index contributed by atoms with van der Waals surface area (Å²) < 4.78 is 88.5. The van der Waals surface area contributed by atoms with Gasteiger partial charge >= 0.3 is 6.09 Å². The predicted molar refractivity (Wildman–Crippen MR) is 274 cm³/mol. The summed E-state index contributed by atoms with van der Waals surface area (Å²) in [6.45, 7) is 5.01. The van der Waals surface area contributed by atoms with Crippen molar-refractivity contribution in [2.45, 2.75) is 68.3 Å². The molecule has 1 atom stereocenters. The number of aromatic nitrogens is 5. The van der Waals surface area contributed by atoms with Gasteiger partial charge in [0.25, 0.3) is 5.91 Å². The Balaban J connectivity index is 1.33. The summed E-state index contributed by atoms with van der Waals surface area (Å²) in [6, 6.07) is 29.7. The number of anilines is 2. The highest BCUT2D eigenvalue weighted by atomic mass is 32.2. The molecule has 0 bridgehead atoms. The second kappa shape index (κ2) is 21.7. The number of hydrogen-bond acceptors (Lipinski definition) is 16. The van der Waals surface area contributed by atoms with Crippen LogP contribution < -0.4 is 30.0 Å². The number of ether oxygens (including phenoxy) is 4. The fourth-order valence-corrected chi connectivity index (χ4v) is 12.4. The van der Waals surface area contributed by atoms with Gasteiger partial charge in [0, 0.05) is 43.3 Å². The second-order valence-corrected chi connectivity index (χ2v) is 22.3. The van der Waals surface area contributed by atoms with Crippen LogP contribution in [0.3, 0.4) is 0 Å². The van der Waals surface area contributed by atoms with E-state index in [1.54, 1.807) is 113 Å². The average molecular weight is 1050 g/mol. The molecule has 1 saturated heterocycles. The smallest absolute Gasteiger partial charge is 0.410 e. The molecular weight excluding hydrogens is 997 g/mol. The predicted octanol–water partition coefficient (Wildman–Crippen LogP) is 7.06. The van der Waals surface area contributed by atoms with Crippen LogP contribution in [0.4, 0.5) is 15.6 Å². The number of nitrogens with zero attached hydrogens (tertiary/aromatic N) is 7. The van der Waals surface area contributed by atoms with Gasteiger partial charge in [-0.2, -0.15) is 9.10 Å². The van der Waals surface area contributed by atoms with Gasteiger partial charge in [-0.25, -0.2) is 31.3 Å². The van der Waals surface area contributed by atoms with Crippen molar-refractivity contribution in [3.05, 3.63) is 137 Å². The first kappa shape index (κ1) is 51.9. The summed E-state index contributed by atoms with van der Waals surface area (Å²) in [5.74, 6) is 0.822. The van der Waals surface area contributed by atoms with Crippen LogP contribution in [0.25, 0.3) is 22.5 Å². The Morgan fingerprint density at radius 2 is 1.42 bits per heavy atom. The molecule has 7 aromatic rings. The van der Waals surface area contributed by atoms with E-state index in [9.17, 15) is 9.59 Å². The van der Waals surface area contributed by atoms with E-state index in [2.05, 4.69) is 25.3 Å². The first-order chi connectivity index (χ1) is 34.8. The molecule has 0 radical (unpaired) electrons. The van der Waals surface area contributed by atoms with Crippen molar-refractivity contribution < 1.29 is 45.4 Å². The van der Waals surface area contributed by atoms with Crippen LogP contribution in [0.1, 0.15) is 54.4 Å². The van der Waals surface area contributed by atoms with E-state index < -0.39 is 53.5 Å². The molecule has 3 heterocycles. The van der Waals surface area contributed by atoms with Crippen LogP contribution in [0.2, 0.25) is 0 Å². The number of thiazole rings is 1. The number of methoxy groups -OCH3 is 3. The Morgan fingerprint density at radius 3 is 1.99 bits per heavy atom. The number of tetrazole rings is 1. The number of likely N-dealkylation sites (tertiary alicyclic amines) is 1. The molecule has 1 unspecified atom stereocenters. The molecule has 1 aliphatic heterocycles. The number of sulfonamides is 2. The second-order valence-electron chi connectivity index (χ2n) is 17.9. The molecule has 1 aliphatic rings. The van der Waals surface area contributed by atoms with Crippen molar-refractivity contribution in [1.82, 2.24) is 39.1 Å². The molecule has 0 aliphatic carbocycles. The Labute approximate surface area is 427 Å². The van der Waals surface area contributed by atoms with E-state index in [-0.39, 0.29) is 61.8 Å². The van der Waals surface area contributed by atoms with Crippen LogP contribution in [0, 0.1) is 0 Å². The lowest BCUT2D eigenvalue weighted by atomic mass is 9.98. The number of amides is 2. The molecule has 2 amide bonds. The number of nitrogens with one attached hydrogen (secondary N) is 2. The lowest BCUT2D eigenvalue weighted by Crippen LogP contribution is -2.41. The summed E-state index contributed by atoms with van der Waals surface area (Å²) in [6.07, 6.45) is -0.395. The highest BCUT2D eigenvalue weighted by Gasteiger charge is 2.40. The van der Waals surface area contributed by atoms with E-state index in [0.29, 0.717) is 44.8 Å². The quantitative estimate of drug-likeness (QED) is 0.0733. The zero-order valence-corrected chi connectivity index (χ0v) is 43.3. The zero-order chi connectivity index (χ0) is 52.1. The standard InChI is InChI=1S/C50H54N10O10S3/c1-50(2,3)70-49(62)58-25-24-37(30-58)56-72(63,64)43-23-22-41(35-8-7-9-36(26-35)52-48-53-42(31-71-48)46(51)61)44(47-54-57-60(55-47)29-34-14-20-40(69-6)21-15-34)45(43)73(65,66)59(27-32-10-16-38(67-4)17-11-32)28-33-12-18-39(68-5)19-13-33/h7-23,26,31,37,56H,24-25,27-30H2,1-6H3,(H2,51,61)(H,52,53). The lowest BCUT2D eigenvalue weighted by Gasteiger charge is -2.27. The van der Waals surface area contributed by atoms with Gasteiger partial charge in [-0.15, -0.1) is 21.5 Å². The van der Waals surface area contributed by atoms with E-state index in [4.69, 9.17) is 29.8 Å². The number of carbonyl (C=O) groups is 2. The van der Waals surface area contributed by atoms with Crippen molar-refractivity contribution in [2.24, 2.45) is 5.73 Å². The van der Waals surface area contributed by atoms with Crippen LogP contribution in [0.5, 0.6) is 17.2 Å². The minimum Gasteiger partial charge on any atom is -0.497 e. The van der Waals surface area contributed by atoms with Gasteiger partial charge < -0.3 is 34.9 Å². The van der Waals surface area contributed by atoms with Crippen molar-refractivity contribution in [1.29, 1.82) is 0 Å². The normalized spacial score (nSPS) is 14.0. The monoisotopic (exact) mass is 1050 g/mol. The molecule has 8 rings (SSSR count). The van der Waals surface area contributed by atoms with Gasteiger partial charge in [0.2, 0.25) is 25.9 Å². The first-order valence-corrected chi connectivity index (χ1v) is 26.6. The Hall–Kier alpha value is -7.44. The summed E-state index contributed by atoms with van der Waals surface area (Å²) in [5, 5.41) is 18.6. The van der Waals surface area contributed by atoms with Crippen molar-refractivity contribution in [3.8, 4) is 39.8 Å². The van der Waals surface area contributed by atoms with Crippen molar-refractivity contribution in [2.75, 3.05) is 39.7 Å². The molecular formula is C50H54N10O10S3. The van der Waals surface area contributed by atoms with Gasteiger partial charge in [-0.3, -0.25) is 4.79 Å². The van der Waals surface area contributed by atoms with Crippen molar-refractivity contribution >= 4 is 54.2 Å². The third-order valence-corrected chi connectivity index (χ3v) is 15.9. The molecule has 5 aromatic carbocycles. The van der Waals surface area contributed by atoms with Crippen LogP contribution in [-0.4, -0.2) is 109 Å². The van der Waals surface area contributed by atoms with E-state index in [1.807, 2.05) is 12.1 Å². The zero-order valence-electron chi connectivity index (χ0n) is 40.8. The molecule has 0 saturated carbocycles. The molecule has 20 nitrogen and oxygen atoms in total. The van der Waals surface area contributed by atoms with Gasteiger partial charge in [-0.1, -0.05) is 54.6 Å². The number of rotatable bonds is 19. The highest BCUT2D eigenvalue weighted by Crippen LogP contribution is 2.42. The SMILES string of the molecule is COc1ccc(CN(Cc2ccc(OC)cc2)S(=O)(=O)c2c(S(=O)(=O)NC3CCN(C(=O)OC(C)(C)C)C3)ccc(-c3cccc(Nc4nc(C(N)=O)cs4)c3)c2-c2nnn(Cc3ccc(OC)cc3)n2)cc1. The minimum atomic E-state index is -4.98. The highest BCUT2D eigenvalue weighted by molar-refractivity contribution is 7.92. The Bertz CT molecular complexity index is 3280. The number of benzene rings is 5. The van der Waals surface area contributed by atoms with E-state index in [1.165, 1.54) is 45.7 Å². The van der Waals surface area contributed by atoms with Gasteiger partial charge in [-0.05, 0) is 115 Å². The Kier molecular flexibility index (Phi) is 15.4. The molecule has 4 N–H and O–H groups in total. The topological polar surface area (TPSA) is 252 Å². The summed E-state index contributed by atoms with van der Waals surface area (Å²) >= 11 is 1.15. The molecule has 0 spiro atoms. The molecule has 1 fully saturated rings. The molecule has 73 heavy (non-hydrogen) atoms. The maximum absolute atomic E-state index is 16.2. The van der Waals surface area contributed by atoms with E-state index in [0.717, 1.165) is 16.9 Å². The molecule has 23 heteroatoms. The number of hydrogen-bond donors (Lipinski definition) is 3. The fourth-order valence-electron chi connectivity index (χ4n) is 7.99. The average Bonchev–Trinajstić information content (AvgIpc) is 4.16. The van der Waals surface area contributed by atoms with Gasteiger partial charge in [0.1, 0.15) is 38.3 Å². The van der Waals surface area contributed by atoms with Gasteiger partial charge in [0.15, 0.2) is 5.13 Å². The number of carbonyl (C=O) groups excluding carboxylic acids is 2. The van der Waals surface area contributed by atoms with Gasteiger partial charge in [0.05, 0.1) is 33.4 Å². The van der Waals surface area contributed by atoms with Crippen LogP contribution in [0.15, 0.2) is 124 Å². The van der Waals surface area contributed by atoms with Crippen LogP contribution >= 0.6 is 11.3 Å². The van der Waals surface area contributed by atoms with Crippen molar-refractivity contribution in [3.63, 3.8) is 0 Å². The maximum Gasteiger partial charge on any atom is 0.410 e. The largest absolute Gasteiger partial charge is 0.497 e. The number of primary amides is 1. The first-order valence-electron chi connectivity index (χ1n) is 22.8. The minimum absolute atomic E-state index is 0.0384. The fraction of sp³-hybridized carbons (Fsp3) is 0.280. The van der Waals surface area contributed by atoms with Crippen LogP contribution in [-0.2, 0) is 44.4 Å². The summed E-state index contributed by atoms with van der Waals surface area (Å²) in [7, 11) is -5.18. The number of nitrogens with two attached hydrogens (primary N) is 1. The maximum atomic E-state index is 16.2. The third-order valence-electron chi connectivity index (χ3n) is 11.5. The summed E-state index contributed by atoms with van der Waals surface area (Å²) in [4.78, 5) is 30.8.